The first-order valence-electron chi connectivity index (χ1n) is 7.45. The van der Waals surface area contributed by atoms with E-state index < -0.39 is 11.8 Å². The number of aromatic amines is 1. The smallest absolute Gasteiger partial charge is 0.282 e. The number of carbonyl (C=O) groups excluding carboxylic acids is 2. The molecule has 9 nitrogen and oxygen atoms in total. The minimum Gasteiger partial charge on any atom is -0.364 e. The van der Waals surface area contributed by atoms with Crippen molar-refractivity contribution in [1.29, 1.82) is 5.26 Å². The summed E-state index contributed by atoms with van der Waals surface area (Å²) in [6, 6.07) is 1.70. The first-order chi connectivity index (χ1) is 11.1. The van der Waals surface area contributed by atoms with Crippen LogP contribution in [0.1, 0.15) is 49.5 Å². The van der Waals surface area contributed by atoms with Crippen molar-refractivity contribution in [3.05, 3.63) is 12.0 Å². The minimum atomic E-state index is -0.727. The van der Waals surface area contributed by atoms with Gasteiger partial charge in [0.2, 0.25) is 5.71 Å². The van der Waals surface area contributed by atoms with Gasteiger partial charge in [-0.15, -0.1) is 0 Å². The average Bonchev–Trinajstić information content (AvgIpc) is 3.00. The van der Waals surface area contributed by atoms with Gasteiger partial charge in [0.05, 0.1) is 6.33 Å². The van der Waals surface area contributed by atoms with Crippen molar-refractivity contribution < 1.29 is 9.59 Å². The van der Waals surface area contributed by atoms with Crippen LogP contribution in [0.5, 0.6) is 0 Å². The number of aromatic nitrogens is 2. The molecule has 0 aliphatic heterocycles. The predicted octanol–water partition coefficient (Wildman–Crippen LogP) is 0.887. The fourth-order valence-corrected chi connectivity index (χ4v) is 1.82. The normalized spacial score (nSPS) is 10.9. The molecule has 0 aliphatic carbocycles. The fraction of sp³-hybridized carbons (Fsp3) is 0.500. The Morgan fingerprint density at radius 1 is 1.39 bits per heavy atom. The monoisotopic (exact) mass is 319 g/mol. The van der Waals surface area contributed by atoms with Crippen LogP contribution in [0.3, 0.4) is 0 Å². The van der Waals surface area contributed by atoms with Crippen LogP contribution in [0, 0.1) is 11.3 Å². The van der Waals surface area contributed by atoms with Crippen molar-refractivity contribution in [1.82, 2.24) is 15.3 Å². The Bertz CT molecular complexity index is 601. The lowest BCUT2D eigenvalue weighted by molar-refractivity contribution is -0.114. The van der Waals surface area contributed by atoms with Crippen LogP contribution in [-0.4, -0.2) is 34.0 Å². The molecular formula is C14H21N7O2. The Hall–Kier alpha value is -2.89. The van der Waals surface area contributed by atoms with Gasteiger partial charge in [-0.1, -0.05) is 32.6 Å². The van der Waals surface area contributed by atoms with Gasteiger partial charge in [0.1, 0.15) is 11.8 Å². The van der Waals surface area contributed by atoms with Gasteiger partial charge in [-0.05, 0) is 6.42 Å². The summed E-state index contributed by atoms with van der Waals surface area (Å²) in [7, 11) is 0. The van der Waals surface area contributed by atoms with Crippen LogP contribution in [0.25, 0.3) is 0 Å². The number of nitrogens with one attached hydrogen (secondary N) is 3. The van der Waals surface area contributed by atoms with Crippen LogP contribution >= 0.6 is 0 Å². The summed E-state index contributed by atoms with van der Waals surface area (Å²) in [5, 5.41) is 15.3. The maximum absolute atomic E-state index is 11.8. The number of carbonyl (C=O) groups is 2. The Balaban J connectivity index is 2.48. The molecule has 1 aromatic rings. The van der Waals surface area contributed by atoms with Gasteiger partial charge >= 0.3 is 0 Å². The van der Waals surface area contributed by atoms with E-state index in [1.807, 2.05) is 0 Å². The van der Waals surface area contributed by atoms with E-state index in [0.717, 1.165) is 25.7 Å². The third-order valence-electron chi connectivity index (χ3n) is 3.05. The third kappa shape index (κ3) is 6.17. The number of nitrogens with two attached hydrogens (primary N) is 1. The number of hydrazone groups is 1. The summed E-state index contributed by atoms with van der Waals surface area (Å²) in [6.07, 6.45) is 6.59. The summed E-state index contributed by atoms with van der Waals surface area (Å²) in [4.78, 5) is 29.2. The van der Waals surface area contributed by atoms with Crippen LogP contribution in [0.4, 0.5) is 5.82 Å². The lowest BCUT2D eigenvalue weighted by Crippen LogP contribution is -2.31. The molecule has 1 aromatic heterocycles. The average molecular weight is 319 g/mol. The zero-order valence-electron chi connectivity index (χ0n) is 13.1. The molecule has 0 bridgehead atoms. The number of rotatable bonds is 10. The molecule has 23 heavy (non-hydrogen) atoms. The van der Waals surface area contributed by atoms with Crippen LogP contribution in [-0.2, 0) is 4.79 Å². The van der Waals surface area contributed by atoms with Gasteiger partial charge in [0.15, 0.2) is 5.82 Å². The molecule has 0 saturated carbocycles. The zero-order chi connectivity index (χ0) is 17.1. The Kier molecular flexibility index (Phi) is 7.85. The molecule has 1 heterocycles. The standard InChI is InChI=1S/C14H21N7O2/c1-2-3-4-5-6-7-17-14(23)10(8-15)20-21-13-11(12(16)22)18-9-19-13/h9,21H,2-7H2,1H3,(H2,16,22)(H,17,23)(H,18,19). The summed E-state index contributed by atoms with van der Waals surface area (Å²) >= 11 is 0. The summed E-state index contributed by atoms with van der Waals surface area (Å²) < 4.78 is 0. The summed E-state index contributed by atoms with van der Waals surface area (Å²) in [5.41, 5.74) is 7.18. The van der Waals surface area contributed by atoms with Crippen molar-refractivity contribution in [2.24, 2.45) is 10.8 Å². The second-order valence-electron chi connectivity index (χ2n) is 4.84. The summed E-state index contributed by atoms with van der Waals surface area (Å²) in [5.74, 6) is -1.25. The number of imidazole rings is 1. The van der Waals surface area contributed by atoms with E-state index in [0.29, 0.717) is 6.54 Å². The first kappa shape index (κ1) is 18.2. The second kappa shape index (κ2) is 9.94. The fourth-order valence-electron chi connectivity index (χ4n) is 1.82. The zero-order valence-corrected chi connectivity index (χ0v) is 13.1. The van der Waals surface area contributed by atoms with Gasteiger partial charge in [-0.25, -0.2) is 4.98 Å². The van der Waals surface area contributed by atoms with Gasteiger partial charge in [0, 0.05) is 6.54 Å². The van der Waals surface area contributed by atoms with E-state index in [2.05, 4.69) is 32.7 Å². The van der Waals surface area contributed by atoms with E-state index in [9.17, 15) is 9.59 Å². The van der Waals surface area contributed by atoms with E-state index in [1.165, 1.54) is 12.7 Å². The Morgan fingerprint density at radius 3 is 2.78 bits per heavy atom. The second-order valence-corrected chi connectivity index (χ2v) is 4.84. The van der Waals surface area contributed by atoms with Gasteiger partial charge in [0.25, 0.3) is 11.8 Å². The highest BCUT2D eigenvalue weighted by Crippen LogP contribution is 2.08. The highest BCUT2D eigenvalue weighted by molar-refractivity contribution is 6.45. The highest BCUT2D eigenvalue weighted by Gasteiger charge is 2.13. The molecule has 0 aromatic carbocycles. The molecule has 1 rings (SSSR count). The van der Waals surface area contributed by atoms with E-state index in [1.54, 1.807) is 6.07 Å². The molecule has 9 heteroatoms. The van der Waals surface area contributed by atoms with E-state index >= 15 is 0 Å². The highest BCUT2D eigenvalue weighted by atomic mass is 16.2. The maximum Gasteiger partial charge on any atom is 0.282 e. The molecule has 0 fully saturated rings. The SMILES string of the molecule is CCCCCCCNC(=O)C(C#N)=NNc1nc[nH]c1C(N)=O. The van der Waals surface area contributed by atoms with Crippen molar-refractivity contribution in [2.45, 2.75) is 39.0 Å². The summed E-state index contributed by atoms with van der Waals surface area (Å²) in [6.45, 7) is 2.62. The van der Waals surface area contributed by atoms with Crippen molar-refractivity contribution in [2.75, 3.05) is 12.0 Å². The molecule has 0 saturated heterocycles. The van der Waals surface area contributed by atoms with Gasteiger partial charge < -0.3 is 16.0 Å². The number of hydrogen-bond acceptors (Lipinski definition) is 6. The molecule has 124 valence electrons. The molecule has 2 amide bonds. The molecule has 0 unspecified atom stereocenters. The maximum atomic E-state index is 11.8. The van der Waals surface area contributed by atoms with Gasteiger partial charge in [-0.3, -0.25) is 15.0 Å². The molecule has 0 spiro atoms. The van der Waals surface area contributed by atoms with Crippen LogP contribution < -0.4 is 16.5 Å². The van der Waals surface area contributed by atoms with E-state index in [-0.39, 0.29) is 17.2 Å². The molecule has 0 atom stereocenters. The number of hydrogen-bond donors (Lipinski definition) is 4. The van der Waals surface area contributed by atoms with Crippen LogP contribution in [0.15, 0.2) is 11.4 Å². The number of primary amides is 1. The van der Waals surface area contributed by atoms with Crippen molar-refractivity contribution in [3.63, 3.8) is 0 Å². The number of nitriles is 1. The molecule has 5 N–H and O–H groups in total. The first-order valence-corrected chi connectivity index (χ1v) is 7.45. The molecule has 0 aliphatic rings. The van der Waals surface area contributed by atoms with Gasteiger partial charge in [-0.2, -0.15) is 10.4 Å². The van der Waals surface area contributed by atoms with E-state index in [4.69, 9.17) is 11.0 Å². The number of nitrogens with zero attached hydrogens (tertiary/aromatic N) is 3. The topological polar surface area (TPSA) is 149 Å². The Morgan fingerprint density at radius 2 is 2.13 bits per heavy atom. The quantitative estimate of drug-likeness (QED) is 0.287. The van der Waals surface area contributed by atoms with Crippen LogP contribution in [0.2, 0.25) is 0 Å². The third-order valence-corrected chi connectivity index (χ3v) is 3.05. The number of amides is 2. The number of anilines is 1. The molecule has 0 radical (unpaired) electrons. The van der Waals surface area contributed by atoms with Crippen molar-refractivity contribution >= 4 is 23.3 Å². The minimum absolute atomic E-state index is 0.0161. The largest absolute Gasteiger partial charge is 0.364 e. The lowest BCUT2D eigenvalue weighted by atomic mass is 10.1. The number of H-pyrrole nitrogens is 1. The van der Waals surface area contributed by atoms with Crippen molar-refractivity contribution in [3.8, 4) is 6.07 Å². The molecular weight excluding hydrogens is 298 g/mol. The Labute approximate surface area is 134 Å². The predicted molar refractivity (Wildman–Crippen MR) is 85.5 cm³/mol. The lowest BCUT2D eigenvalue weighted by Gasteiger charge is -2.04. The number of unbranched alkanes of at least 4 members (excludes halogenated alkanes) is 4.